The first-order valence-corrected chi connectivity index (χ1v) is 6.41. The first-order chi connectivity index (χ1) is 9.70. The molecule has 0 unspecified atom stereocenters. The Labute approximate surface area is 123 Å². The van der Waals surface area contributed by atoms with Gasteiger partial charge in [-0.15, -0.1) is 0 Å². The fraction of sp³-hybridized carbons (Fsp3) is 0.429. The lowest BCUT2D eigenvalue weighted by atomic mass is 9.91. The van der Waals surface area contributed by atoms with E-state index in [-0.39, 0.29) is 17.7 Å². The summed E-state index contributed by atoms with van der Waals surface area (Å²) < 4.78 is 5.22. The average Bonchev–Trinajstić information content (AvgIpc) is 2.41. The van der Waals surface area contributed by atoms with Gasteiger partial charge in [0, 0.05) is 23.3 Å². The van der Waals surface area contributed by atoms with Gasteiger partial charge in [0.1, 0.15) is 5.75 Å². The topological polar surface area (TPSA) is 93.8 Å². The normalized spacial score (nSPS) is 11.9. The number of benzene rings is 1. The maximum atomic E-state index is 11.6. The molecular formula is C14H19N3O4. The van der Waals surface area contributed by atoms with Crippen molar-refractivity contribution in [2.24, 2.45) is 10.5 Å². The molecule has 0 aromatic heterocycles. The molecule has 7 nitrogen and oxygen atoms in total. The van der Waals surface area contributed by atoms with Crippen LogP contribution < -0.4 is 10.2 Å². The molecule has 0 spiro atoms. The highest BCUT2D eigenvalue weighted by atomic mass is 16.6. The van der Waals surface area contributed by atoms with Crippen molar-refractivity contribution >= 4 is 17.3 Å². The van der Waals surface area contributed by atoms with Crippen LogP contribution in [0.15, 0.2) is 29.4 Å². The fourth-order valence-electron chi connectivity index (χ4n) is 1.16. The molecule has 0 radical (unpaired) electrons. The number of hydrazone groups is 1. The van der Waals surface area contributed by atoms with Gasteiger partial charge in [-0.3, -0.25) is 14.9 Å². The maximum absolute atomic E-state index is 11.6. The number of ether oxygens (including phenoxy) is 1. The van der Waals surface area contributed by atoms with E-state index >= 15 is 0 Å². The van der Waals surface area contributed by atoms with Crippen LogP contribution in [0.3, 0.4) is 0 Å². The van der Waals surface area contributed by atoms with Crippen molar-refractivity contribution in [3.8, 4) is 5.75 Å². The highest BCUT2D eigenvalue weighted by Gasteiger charge is 2.14. The number of carbonyl (C=O) groups excluding carboxylic acids is 1. The van der Waals surface area contributed by atoms with E-state index < -0.39 is 10.8 Å². The van der Waals surface area contributed by atoms with Crippen molar-refractivity contribution in [2.75, 3.05) is 6.61 Å². The lowest BCUT2D eigenvalue weighted by Gasteiger charge is -2.17. The van der Waals surface area contributed by atoms with Crippen molar-refractivity contribution in [3.63, 3.8) is 0 Å². The summed E-state index contributed by atoms with van der Waals surface area (Å²) >= 11 is 0. The Kier molecular flexibility index (Phi) is 5.40. The van der Waals surface area contributed by atoms with Gasteiger partial charge in [-0.25, -0.2) is 5.43 Å². The number of hydrogen-bond acceptors (Lipinski definition) is 5. The standard InChI is InChI=1S/C14H19N3O4/c1-10(14(2,3)4)15-16-13(18)9-21-12-7-5-11(6-8-12)17(19)20/h5-8H,9H2,1-4H3,(H,16,18)/b15-10-. The van der Waals surface area contributed by atoms with Crippen LogP contribution in [-0.4, -0.2) is 23.1 Å². The third-order valence-corrected chi connectivity index (χ3v) is 2.85. The molecule has 0 saturated heterocycles. The summed E-state index contributed by atoms with van der Waals surface area (Å²) in [4.78, 5) is 21.6. The van der Waals surface area contributed by atoms with E-state index in [1.54, 1.807) is 0 Å². The summed E-state index contributed by atoms with van der Waals surface area (Å²) in [5.74, 6) is -0.00998. The van der Waals surface area contributed by atoms with Crippen LogP contribution in [0.4, 0.5) is 5.69 Å². The van der Waals surface area contributed by atoms with Gasteiger partial charge in [-0.05, 0) is 19.1 Å². The van der Waals surface area contributed by atoms with Gasteiger partial charge in [-0.2, -0.15) is 5.10 Å². The molecule has 0 saturated carbocycles. The zero-order valence-corrected chi connectivity index (χ0v) is 12.5. The molecule has 21 heavy (non-hydrogen) atoms. The number of hydrogen-bond donors (Lipinski definition) is 1. The Morgan fingerprint density at radius 3 is 2.38 bits per heavy atom. The quantitative estimate of drug-likeness (QED) is 0.512. The Balaban J connectivity index is 2.48. The Morgan fingerprint density at radius 2 is 1.90 bits per heavy atom. The molecule has 1 aromatic carbocycles. The number of nitrogens with zero attached hydrogens (tertiary/aromatic N) is 2. The predicted octanol–water partition coefficient (Wildman–Crippen LogP) is 2.51. The van der Waals surface area contributed by atoms with Gasteiger partial charge in [0.05, 0.1) is 4.92 Å². The molecule has 1 aromatic rings. The van der Waals surface area contributed by atoms with Crippen LogP contribution in [0, 0.1) is 15.5 Å². The zero-order chi connectivity index (χ0) is 16.0. The lowest BCUT2D eigenvalue weighted by Crippen LogP contribution is -2.28. The van der Waals surface area contributed by atoms with Crippen LogP contribution in [0.5, 0.6) is 5.75 Å². The molecule has 1 rings (SSSR count). The summed E-state index contributed by atoms with van der Waals surface area (Å²) in [7, 11) is 0. The first-order valence-electron chi connectivity index (χ1n) is 6.41. The van der Waals surface area contributed by atoms with Gasteiger partial charge in [0.25, 0.3) is 11.6 Å². The molecule has 0 aliphatic rings. The monoisotopic (exact) mass is 293 g/mol. The summed E-state index contributed by atoms with van der Waals surface area (Å²) in [6.45, 7) is 7.60. The van der Waals surface area contributed by atoms with Crippen LogP contribution >= 0.6 is 0 Å². The van der Waals surface area contributed by atoms with E-state index in [1.807, 2.05) is 27.7 Å². The second-order valence-electron chi connectivity index (χ2n) is 5.52. The van der Waals surface area contributed by atoms with Crippen LogP contribution in [0.25, 0.3) is 0 Å². The molecule has 0 bridgehead atoms. The van der Waals surface area contributed by atoms with E-state index in [0.29, 0.717) is 5.75 Å². The molecule has 7 heteroatoms. The van der Waals surface area contributed by atoms with E-state index in [1.165, 1.54) is 24.3 Å². The lowest BCUT2D eigenvalue weighted by molar-refractivity contribution is -0.384. The van der Waals surface area contributed by atoms with E-state index in [9.17, 15) is 14.9 Å². The number of nitro groups is 1. The minimum atomic E-state index is -0.500. The van der Waals surface area contributed by atoms with Crippen molar-refractivity contribution in [3.05, 3.63) is 34.4 Å². The number of carbonyl (C=O) groups is 1. The number of amides is 1. The summed E-state index contributed by atoms with van der Waals surface area (Å²) in [6, 6.07) is 5.51. The second-order valence-corrected chi connectivity index (χ2v) is 5.52. The van der Waals surface area contributed by atoms with E-state index in [0.717, 1.165) is 5.71 Å². The molecule has 0 heterocycles. The van der Waals surface area contributed by atoms with Crippen molar-refractivity contribution in [1.82, 2.24) is 5.43 Å². The highest BCUT2D eigenvalue weighted by molar-refractivity contribution is 5.88. The van der Waals surface area contributed by atoms with Crippen molar-refractivity contribution in [2.45, 2.75) is 27.7 Å². The van der Waals surface area contributed by atoms with Gasteiger partial charge in [-0.1, -0.05) is 20.8 Å². The number of non-ortho nitro benzene ring substituents is 1. The maximum Gasteiger partial charge on any atom is 0.277 e. The Morgan fingerprint density at radius 1 is 1.33 bits per heavy atom. The minimum absolute atomic E-state index is 0.0304. The number of nitro benzene ring substituents is 1. The van der Waals surface area contributed by atoms with Crippen LogP contribution in [-0.2, 0) is 4.79 Å². The van der Waals surface area contributed by atoms with Gasteiger partial charge >= 0.3 is 0 Å². The smallest absolute Gasteiger partial charge is 0.277 e. The van der Waals surface area contributed by atoms with Gasteiger partial charge < -0.3 is 4.74 Å². The first kappa shape index (κ1) is 16.6. The summed E-state index contributed by atoms with van der Waals surface area (Å²) in [5.41, 5.74) is 3.05. The molecule has 0 atom stereocenters. The van der Waals surface area contributed by atoms with E-state index in [4.69, 9.17) is 4.74 Å². The number of rotatable bonds is 5. The summed E-state index contributed by atoms with van der Waals surface area (Å²) in [5, 5.41) is 14.5. The predicted molar refractivity (Wildman–Crippen MR) is 79.3 cm³/mol. The number of nitrogens with one attached hydrogen (secondary N) is 1. The zero-order valence-electron chi connectivity index (χ0n) is 12.5. The highest BCUT2D eigenvalue weighted by Crippen LogP contribution is 2.17. The Hall–Kier alpha value is -2.44. The largest absolute Gasteiger partial charge is 0.484 e. The molecule has 1 N–H and O–H groups in total. The fourth-order valence-corrected chi connectivity index (χ4v) is 1.16. The minimum Gasteiger partial charge on any atom is -0.484 e. The average molecular weight is 293 g/mol. The SMILES string of the molecule is C/C(=N/NC(=O)COc1ccc([N+](=O)[O-])cc1)C(C)(C)C. The molecule has 114 valence electrons. The van der Waals surface area contributed by atoms with Gasteiger partial charge in [0.2, 0.25) is 0 Å². The molecule has 0 aliphatic heterocycles. The third-order valence-electron chi connectivity index (χ3n) is 2.85. The molecule has 0 fully saturated rings. The second kappa shape index (κ2) is 6.83. The Bertz CT molecular complexity index is 544. The third kappa shape index (κ3) is 5.60. The van der Waals surface area contributed by atoms with Crippen LogP contribution in [0.2, 0.25) is 0 Å². The van der Waals surface area contributed by atoms with Gasteiger partial charge in [0.15, 0.2) is 6.61 Å². The van der Waals surface area contributed by atoms with Crippen molar-refractivity contribution in [1.29, 1.82) is 0 Å². The van der Waals surface area contributed by atoms with E-state index in [2.05, 4.69) is 10.5 Å². The molecule has 0 aliphatic carbocycles. The molecule has 1 amide bonds. The molecular weight excluding hydrogens is 274 g/mol. The summed E-state index contributed by atoms with van der Waals surface area (Å²) in [6.07, 6.45) is 0. The van der Waals surface area contributed by atoms with Crippen molar-refractivity contribution < 1.29 is 14.5 Å². The van der Waals surface area contributed by atoms with Crippen LogP contribution in [0.1, 0.15) is 27.7 Å².